The van der Waals surface area contributed by atoms with Gasteiger partial charge in [0.1, 0.15) is 5.70 Å². The van der Waals surface area contributed by atoms with E-state index in [2.05, 4.69) is 16.0 Å². The average molecular weight is 648 g/mol. The summed E-state index contributed by atoms with van der Waals surface area (Å²) in [5, 5.41) is 8.71. The predicted octanol–water partition coefficient (Wildman–Crippen LogP) is 7.98. The Labute approximate surface area is 271 Å². The maximum Gasteiger partial charge on any atom is 0.272 e. The van der Waals surface area contributed by atoms with Gasteiger partial charge in [-0.05, 0) is 72.7 Å². The number of carbonyl (C=O) groups excluding carboxylic acids is 3. The molecule has 0 bridgehead atoms. The molecular weight excluding hydrogens is 615 g/mol. The van der Waals surface area contributed by atoms with E-state index in [1.54, 1.807) is 66.7 Å². The van der Waals surface area contributed by atoms with Gasteiger partial charge in [-0.3, -0.25) is 14.4 Å². The van der Waals surface area contributed by atoms with E-state index in [1.165, 1.54) is 11.8 Å². The van der Waals surface area contributed by atoms with Crippen molar-refractivity contribution in [2.45, 2.75) is 23.5 Å². The molecule has 4 aromatic carbocycles. The second-order valence-corrected chi connectivity index (χ2v) is 12.0. The van der Waals surface area contributed by atoms with Crippen molar-refractivity contribution in [1.29, 1.82) is 0 Å². The third-order valence-corrected chi connectivity index (χ3v) is 8.67. The Morgan fingerprint density at radius 2 is 1.57 bits per heavy atom. The number of carbonyl (C=O) groups is 3. The molecule has 3 N–H and O–H groups in total. The number of nitrogens with one attached hydrogen (secondary N) is 3. The average Bonchev–Trinajstić information content (AvgIpc) is 3.02. The molecule has 10 heteroatoms. The van der Waals surface area contributed by atoms with Crippen molar-refractivity contribution in [1.82, 2.24) is 5.32 Å². The van der Waals surface area contributed by atoms with Gasteiger partial charge in [0.15, 0.2) is 0 Å². The van der Waals surface area contributed by atoms with E-state index in [-0.39, 0.29) is 16.6 Å². The summed E-state index contributed by atoms with van der Waals surface area (Å²) in [5.41, 5.74) is 3.21. The van der Waals surface area contributed by atoms with Gasteiger partial charge < -0.3 is 20.9 Å². The molecule has 0 aliphatic carbocycles. The van der Waals surface area contributed by atoms with Crippen molar-refractivity contribution in [2.75, 3.05) is 29.6 Å². The molecule has 1 unspecified atom stereocenters. The lowest BCUT2D eigenvalue weighted by Crippen LogP contribution is -2.30. The van der Waals surface area contributed by atoms with Crippen LogP contribution >= 0.6 is 35.0 Å². The van der Waals surface area contributed by atoms with Gasteiger partial charge in [0.25, 0.3) is 11.8 Å². The third-order valence-electron chi connectivity index (χ3n) is 6.49. The van der Waals surface area contributed by atoms with Crippen LogP contribution < -0.4 is 20.9 Å². The zero-order valence-corrected chi connectivity index (χ0v) is 26.8. The van der Waals surface area contributed by atoms with Crippen molar-refractivity contribution in [3.8, 4) is 0 Å². The quantitative estimate of drug-likeness (QED) is 0.114. The van der Waals surface area contributed by atoms with Gasteiger partial charge in [-0.2, -0.15) is 0 Å². The van der Waals surface area contributed by atoms with Crippen LogP contribution in [0.25, 0.3) is 6.08 Å². The van der Waals surface area contributed by atoms with Crippen LogP contribution in [-0.4, -0.2) is 37.1 Å². The molecule has 0 aromatic heterocycles. The van der Waals surface area contributed by atoms with Gasteiger partial charge in [0.05, 0.1) is 21.0 Å². The summed E-state index contributed by atoms with van der Waals surface area (Å²) < 4.78 is 0. The maximum atomic E-state index is 13.5. The van der Waals surface area contributed by atoms with Gasteiger partial charge in [-0.1, -0.05) is 72.6 Å². The Bertz CT molecular complexity index is 1660. The fourth-order valence-corrected chi connectivity index (χ4v) is 5.48. The van der Waals surface area contributed by atoms with Crippen LogP contribution in [0.3, 0.4) is 0 Å². The highest BCUT2D eigenvalue weighted by molar-refractivity contribution is 8.00. The summed E-state index contributed by atoms with van der Waals surface area (Å²) in [4.78, 5) is 42.3. The Hall–Kier alpha value is -4.24. The molecule has 226 valence electrons. The Morgan fingerprint density at radius 1 is 0.864 bits per heavy atom. The lowest BCUT2D eigenvalue weighted by atomic mass is 10.1. The Kier molecular flexibility index (Phi) is 11.5. The van der Waals surface area contributed by atoms with Gasteiger partial charge in [-0.15, -0.1) is 11.8 Å². The zero-order valence-electron chi connectivity index (χ0n) is 24.4. The normalized spacial score (nSPS) is 11.8. The minimum atomic E-state index is -0.492. The second kappa shape index (κ2) is 15.5. The molecule has 0 radical (unpaired) electrons. The van der Waals surface area contributed by atoms with E-state index >= 15 is 0 Å². The highest BCUT2D eigenvalue weighted by Crippen LogP contribution is 2.32. The molecular formula is C34H32Cl2N4O3S. The highest BCUT2D eigenvalue weighted by atomic mass is 35.5. The molecule has 4 aromatic rings. The molecule has 0 spiro atoms. The summed E-state index contributed by atoms with van der Waals surface area (Å²) in [7, 11) is 3.89. The number of thioether (sulfide) groups is 1. The van der Waals surface area contributed by atoms with Crippen molar-refractivity contribution in [2.24, 2.45) is 0 Å². The Morgan fingerprint density at radius 3 is 2.25 bits per heavy atom. The van der Waals surface area contributed by atoms with Crippen molar-refractivity contribution >= 4 is 75.8 Å². The van der Waals surface area contributed by atoms with Crippen LogP contribution in [0.15, 0.2) is 108 Å². The smallest absolute Gasteiger partial charge is 0.272 e. The number of amides is 3. The van der Waals surface area contributed by atoms with Crippen LogP contribution in [0.1, 0.15) is 29.3 Å². The number of rotatable bonds is 11. The zero-order chi connectivity index (χ0) is 31.6. The SMILES string of the molecule is CCC(Sc1cccc(NC(=O)/C(=C\c2ccc(N(C)C)cc2)NC(=O)c2ccccc2)c1)C(=O)Nc1cccc(Cl)c1Cl. The van der Waals surface area contributed by atoms with E-state index in [0.29, 0.717) is 28.4 Å². The van der Waals surface area contributed by atoms with Gasteiger partial charge in [-0.25, -0.2) is 0 Å². The second-order valence-electron chi connectivity index (χ2n) is 9.95. The molecule has 0 aliphatic rings. The summed E-state index contributed by atoms with van der Waals surface area (Å²) in [6.45, 7) is 1.92. The van der Waals surface area contributed by atoms with Crippen molar-refractivity contribution in [3.05, 3.63) is 124 Å². The molecule has 1 atom stereocenters. The number of benzene rings is 4. The van der Waals surface area contributed by atoms with Crippen LogP contribution in [0.4, 0.5) is 17.1 Å². The summed E-state index contributed by atoms with van der Waals surface area (Å²) in [6, 6.07) is 28.6. The number of nitrogens with zero attached hydrogens (tertiary/aromatic N) is 1. The van der Waals surface area contributed by atoms with E-state index in [4.69, 9.17) is 23.2 Å². The number of anilines is 3. The number of hydrogen-bond donors (Lipinski definition) is 3. The first-order valence-electron chi connectivity index (χ1n) is 13.8. The molecule has 0 heterocycles. The lowest BCUT2D eigenvalue weighted by Gasteiger charge is -2.17. The highest BCUT2D eigenvalue weighted by Gasteiger charge is 2.20. The summed E-state index contributed by atoms with van der Waals surface area (Å²) in [5.74, 6) is -1.11. The predicted molar refractivity (Wildman–Crippen MR) is 183 cm³/mol. The maximum absolute atomic E-state index is 13.5. The first-order chi connectivity index (χ1) is 21.1. The van der Waals surface area contributed by atoms with Gasteiger partial charge >= 0.3 is 0 Å². The monoisotopic (exact) mass is 646 g/mol. The largest absolute Gasteiger partial charge is 0.378 e. The van der Waals surface area contributed by atoms with Gasteiger partial charge in [0.2, 0.25) is 5.91 Å². The summed E-state index contributed by atoms with van der Waals surface area (Å²) in [6.07, 6.45) is 2.18. The molecule has 0 aliphatic heterocycles. The standard InChI is InChI=1S/C34H32Cl2N4O3S/c1-4-30(34(43)38-28-15-9-14-27(35)31(28)36)44-26-13-8-12-24(21-26)37-33(42)29(39-32(41)23-10-6-5-7-11-23)20-22-16-18-25(19-17-22)40(2)3/h5-21,30H,4H2,1-3H3,(H,37,42)(H,38,43)(H,39,41)/b29-20+. The third kappa shape index (κ3) is 8.89. The molecule has 0 saturated heterocycles. The van der Waals surface area contributed by atoms with Crippen LogP contribution in [0, 0.1) is 0 Å². The van der Waals surface area contributed by atoms with E-state index < -0.39 is 17.1 Å². The fraction of sp³-hybridized carbons (Fsp3) is 0.147. The van der Waals surface area contributed by atoms with E-state index in [1.807, 2.05) is 62.3 Å². The fourth-order valence-electron chi connectivity index (χ4n) is 4.12. The lowest BCUT2D eigenvalue weighted by molar-refractivity contribution is -0.116. The molecule has 4 rings (SSSR count). The van der Waals surface area contributed by atoms with E-state index in [9.17, 15) is 14.4 Å². The minimum Gasteiger partial charge on any atom is -0.378 e. The first-order valence-corrected chi connectivity index (χ1v) is 15.5. The molecule has 0 saturated carbocycles. The van der Waals surface area contributed by atoms with Crippen LogP contribution in [0.5, 0.6) is 0 Å². The Balaban J connectivity index is 1.52. The summed E-state index contributed by atoms with van der Waals surface area (Å²) >= 11 is 13.7. The van der Waals surface area contributed by atoms with Crippen molar-refractivity contribution in [3.63, 3.8) is 0 Å². The number of hydrogen-bond acceptors (Lipinski definition) is 5. The topological polar surface area (TPSA) is 90.5 Å². The van der Waals surface area contributed by atoms with Crippen LogP contribution in [0.2, 0.25) is 10.0 Å². The molecule has 7 nitrogen and oxygen atoms in total. The first kappa shape index (κ1) is 32.7. The van der Waals surface area contributed by atoms with Crippen LogP contribution in [-0.2, 0) is 9.59 Å². The number of halogens is 2. The molecule has 0 fully saturated rings. The van der Waals surface area contributed by atoms with Gasteiger partial charge in [0, 0.05) is 35.9 Å². The molecule has 44 heavy (non-hydrogen) atoms. The minimum absolute atomic E-state index is 0.0822. The van der Waals surface area contributed by atoms with Crippen molar-refractivity contribution < 1.29 is 14.4 Å². The molecule has 3 amide bonds. The van der Waals surface area contributed by atoms with E-state index in [0.717, 1.165) is 16.1 Å².